The Morgan fingerprint density at radius 1 is 1.06 bits per heavy atom. The van der Waals surface area contributed by atoms with Gasteiger partial charge in [-0.15, -0.1) is 0 Å². The summed E-state index contributed by atoms with van der Waals surface area (Å²) in [7, 11) is -3.72. The number of rotatable bonds is 5. The fourth-order valence-corrected chi connectivity index (χ4v) is 6.40. The second-order valence-electron chi connectivity index (χ2n) is 8.27. The largest absolute Gasteiger partial charge is 0.395 e. The van der Waals surface area contributed by atoms with Crippen molar-refractivity contribution in [2.75, 3.05) is 26.2 Å². The van der Waals surface area contributed by atoms with Crippen molar-refractivity contribution in [1.82, 2.24) is 9.21 Å². The lowest BCUT2D eigenvalue weighted by Crippen LogP contribution is -2.67. The lowest BCUT2D eigenvalue weighted by molar-refractivity contribution is -0.0553. The molecule has 0 aliphatic carbocycles. The van der Waals surface area contributed by atoms with Gasteiger partial charge in [0.2, 0.25) is 10.0 Å². The maximum Gasteiger partial charge on any atom is 0.243 e. The number of hydrogen-bond donors (Lipinski definition) is 1. The molecule has 2 aromatic rings. The van der Waals surface area contributed by atoms with Crippen molar-refractivity contribution in [3.05, 3.63) is 71.6 Å². The minimum absolute atomic E-state index is 0.000223. The summed E-state index contributed by atoms with van der Waals surface area (Å²) in [4.78, 5) is 2.36. The molecule has 0 spiro atoms. The fraction of sp³-hybridized carbons (Fsp3) is 0.417. The van der Waals surface area contributed by atoms with Gasteiger partial charge in [0.1, 0.15) is 5.82 Å². The van der Waals surface area contributed by atoms with E-state index in [1.54, 1.807) is 0 Å². The molecule has 0 bridgehead atoms. The number of allylic oxidation sites excluding steroid dienone is 1. The van der Waals surface area contributed by atoms with Crippen LogP contribution in [0.3, 0.4) is 0 Å². The Bertz CT molecular complexity index is 1020. The van der Waals surface area contributed by atoms with Crippen LogP contribution < -0.4 is 0 Å². The van der Waals surface area contributed by atoms with Gasteiger partial charge in [-0.2, -0.15) is 4.31 Å². The monoisotopic (exact) mass is 444 g/mol. The molecule has 2 aliphatic rings. The minimum Gasteiger partial charge on any atom is -0.395 e. The molecule has 0 aromatic heterocycles. The SMILES string of the molecule is C/C=C/c1ccc([C@H]2[C@@H](CO)N3CCCCN(S(=O)(=O)c4ccc(F)cc4)C[C@H]23)cc1. The van der Waals surface area contributed by atoms with E-state index in [1.165, 1.54) is 28.6 Å². The first-order valence-corrected chi connectivity index (χ1v) is 12.2. The third kappa shape index (κ3) is 4.32. The van der Waals surface area contributed by atoms with Gasteiger partial charge in [-0.3, -0.25) is 4.90 Å². The molecule has 31 heavy (non-hydrogen) atoms. The first kappa shape index (κ1) is 22.1. The second-order valence-corrected chi connectivity index (χ2v) is 10.2. The van der Waals surface area contributed by atoms with Gasteiger partial charge in [-0.05, 0) is 61.7 Å². The predicted molar refractivity (Wildman–Crippen MR) is 120 cm³/mol. The van der Waals surface area contributed by atoms with E-state index in [0.29, 0.717) is 13.1 Å². The molecule has 1 N–H and O–H groups in total. The molecular formula is C24H29FN2O3S. The summed E-state index contributed by atoms with van der Waals surface area (Å²) in [5, 5.41) is 10.1. The molecule has 0 saturated carbocycles. The lowest BCUT2D eigenvalue weighted by atomic mass is 9.74. The van der Waals surface area contributed by atoms with Crippen LogP contribution in [0.4, 0.5) is 4.39 Å². The summed E-state index contributed by atoms with van der Waals surface area (Å²) in [5.74, 6) is -0.391. The molecular weight excluding hydrogens is 415 g/mol. The zero-order valence-electron chi connectivity index (χ0n) is 17.7. The summed E-state index contributed by atoms with van der Waals surface area (Å²) in [6, 6.07) is 13.3. The maximum absolute atomic E-state index is 13.3. The molecule has 2 saturated heterocycles. The first-order valence-electron chi connectivity index (χ1n) is 10.8. The van der Waals surface area contributed by atoms with Crippen LogP contribution in [0.25, 0.3) is 6.08 Å². The average Bonchev–Trinajstić information content (AvgIpc) is 2.74. The standard InChI is InChI=1S/C24H29FN2O3S/c1-2-5-18-6-8-19(9-7-18)24-22-16-26(14-3-4-15-27(22)23(24)17-28)31(29,30)21-12-10-20(25)11-13-21/h2,5-13,22-24,28H,3-4,14-17H2,1H3/b5-2+/t22-,23-,24-/m1/s1. The number of fused-ring (bicyclic) bond motifs is 1. The van der Waals surface area contributed by atoms with Crippen molar-refractivity contribution in [2.24, 2.45) is 0 Å². The zero-order valence-corrected chi connectivity index (χ0v) is 18.5. The summed E-state index contributed by atoms with van der Waals surface area (Å²) >= 11 is 0. The van der Waals surface area contributed by atoms with Crippen LogP contribution in [0.1, 0.15) is 36.8 Å². The minimum atomic E-state index is -3.72. The summed E-state index contributed by atoms with van der Waals surface area (Å²) in [6.07, 6.45) is 5.65. The first-order chi connectivity index (χ1) is 15.0. The molecule has 0 unspecified atom stereocenters. The molecule has 2 heterocycles. The number of aliphatic hydroxyl groups is 1. The van der Waals surface area contributed by atoms with E-state index in [4.69, 9.17) is 0 Å². The fourth-order valence-electron chi connectivity index (χ4n) is 4.90. The van der Waals surface area contributed by atoms with E-state index in [9.17, 15) is 17.9 Å². The van der Waals surface area contributed by atoms with E-state index in [2.05, 4.69) is 29.2 Å². The Morgan fingerprint density at radius 2 is 1.74 bits per heavy atom. The molecule has 2 fully saturated rings. The van der Waals surface area contributed by atoms with Gasteiger partial charge in [0.15, 0.2) is 0 Å². The van der Waals surface area contributed by atoms with Crippen LogP contribution in [-0.2, 0) is 10.0 Å². The van der Waals surface area contributed by atoms with E-state index < -0.39 is 15.8 Å². The topological polar surface area (TPSA) is 60.9 Å². The van der Waals surface area contributed by atoms with Gasteiger partial charge >= 0.3 is 0 Å². The molecule has 7 heteroatoms. The zero-order chi connectivity index (χ0) is 22.0. The Hall–Kier alpha value is -2.06. The molecule has 0 radical (unpaired) electrons. The van der Waals surface area contributed by atoms with Gasteiger partial charge in [0.25, 0.3) is 0 Å². The van der Waals surface area contributed by atoms with Crippen LogP contribution in [0, 0.1) is 5.82 Å². The van der Waals surface area contributed by atoms with Crippen LogP contribution in [0.15, 0.2) is 59.5 Å². The second kappa shape index (κ2) is 9.20. The highest BCUT2D eigenvalue weighted by atomic mass is 32.2. The van der Waals surface area contributed by atoms with Crippen molar-refractivity contribution < 1.29 is 17.9 Å². The van der Waals surface area contributed by atoms with Crippen LogP contribution >= 0.6 is 0 Å². The number of nitrogens with zero attached hydrogens (tertiary/aromatic N) is 2. The Labute approximate surface area is 183 Å². The quantitative estimate of drug-likeness (QED) is 0.767. The van der Waals surface area contributed by atoms with Crippen molar-refractivity contribution in [1.29, 1.82) is 0 Å². The molecule has 4 rings (SSSR count). The third-order valence-electron chi connectivity index (χ3n) is 6.46. The maximum atomic E-state index is 13.3. The van der Waals surface area contributed by atoms with Crippen molar-refractivity contribution >= 4 is 16.1 Å². The molecule has 2 aromatic carbocycles. The lowest BCUT2D eigenvalue weighted by Gasteiger charge is -2.57. The van der Waals surface area contributed by atoms with Crippen LogP contribution in [0.5, 0.6) is 0 Å². The molecule has 166 valence electrons. The van der Waals surface area contributed by atoms with Crippen LogP contribution in [-0.4, -0.2) is 61.1 Å². The highest BCUT2D eigenvalue weighted by Crippen LogP contribution is 2.42. The summed E-state index contributed by atoms with van der Waals surface area (Å²) in [5.41, 5.74) is 2.23. The van der Waals surface area contributed by atoms with Gasteiger partial charge in [0, 0.05) is 31.1 Å². The number of benzene rings is 2. The highest BCUT2D eigenvalue weighted by Gasteiger charge is 2.50. The van der Waals surface area contributed by atoms with Gasteiger partial charge in [-0.25, -0.2) is 12.8 Å². The van der Waals surface area contributed by atoms with Crippen LogP contribution in [0.2, 0.25) is 0 Å². The number of halogens is 1. The predicted octanol–water partition coefficient (Wildman–Crippen LogP) is 3.47. The van der Waals surface area contributed by atoms with Crippen molar-refractivity contribution in [2.45, 2.75) is 42.7 Å². The molecule has 5 nitrogen and oxygen atoms in total. The van der Waals surface area contributed by atoms with E-state index in [-0.39, 0.29) is 29.5 Å². The Balaban J connectivity index is 1.62. The van der Waals surface area contributed by atoms with E-state index in [0.717, 1.165) is 30.5 Å². The van der Waals surface area contributed by atoms with E-state index in [1.807, 2.05) is 19.1 Å². The Morgan fingerprint density at radius 3 is 2.39 bits per heavy atom. The molecule has 2 aliphatic heterocycles. The smallest absolute Gasteiger partial charge is 0.243 e. The molecule has 0 amide bonds. The number of aliphatic hydroxyl groups excluding tert-OH is 1. The van der Waals surface area contributed by atoms with Crippen molar-refractivity contribution in [3.63, 3.8) is 0 Å². The van der Waals surface area contributed by atoms with E-state index >= 15 is 0 Å². The summed E-state index contributed by atoms with van der Waals surface area (Å²) < 4.78 is 41.4. The Kier molecular flexibility index (Phi) is 6.57. The van der Waals surface area contributed by atoms with Gasteiger partial charge in [0.05, 0.1) is 11.5 Å². The van der Waals surface area contributed by atoms with Crippen molar-refractivity contribution in [3.8, 4) is 0 Å². The molecule has 3 atom stereocenters. The third-order valence-corrected chi connectivity index (χ3v) is 8.34. The highest BCUT2D eigenvalue weighted by molar-refractivity contribution is 7.89. The number of sulfonamides is 1. The number of hydrogen-bond acceptors (Lipinski definition) is 4. The van der Waals surface area contributed by atoms with Gasteiger partial charge in [-0.1, -0.05) is 36.4 Å². The summed E-state index contributed by atoms with van der Waals surface area (Å²) in [6.45, 7) is 3.68. The normalized spacial score (nSPS) is 25.6. The van der Waals surface area contributed by atoms with Gasteiger partial charge < -0.3 is 5.11 Å². The average molecular weight is 445 g/mol.